The van der Waals surface area contributed by atoms with Gasteiger partial charge in [-0.2, -0.15) is 0 Å². The highest BCUT2D eigenvalue weighted by Gasteiger charge is 2.34. The first-order valence-electron chi connectivity index (χ1n) is 8.00. The zero-order chi connectivity index (χ0) is 14.0. The summed E-state index contributed by atoms with van der Waals surface area (Å²) in [4.78, 5) is 2.46. The first-order valence-corrected chi connectivity index (χ1v) is 8.00. The smallest absolute Gasteiger partial charge is 0.0632 e. The Balaban J connectivity index is 1.89. The molecule has 1 saturated carbocycles. The van der Waals surface area contributed by atoms with Crippen LogP contribution in [0.5, 0.6) is 0 Å². The molecule has 3 nitrogen and oxygen atoms in total. The maximum atomic E-state index is 10.3. The summed E-state index contributed by atoms with van der Waals surface area (Å²) < 4.78 is 0. The molecule has 1 aliphatic heterocycles. The zero-order valence-electron chi connectivity index (χ0n) is 12.8. The van der Waals surface area contributed by atoms with Crippen molar-refractivity contribution in [3.63, 3.8) is 0 Å². The average Bonchev–Trinajstić information content (AvgIpc) is 2.45. The molecule has 1 aliphatic carbocycles. The van der Waals surface area contributed by atoms with Gasteiger partial charge in [-0.1, -0.05) is 13.8 Å². The molecule has 2 N–H and O–H groups in total. The molecule has 0 aromatic carbocycles. The zero-order valence-corrected chi connectivity index (χ0v) is 12.8. The van der Waals surface area contributed by atoms with E-state index >= 15 is 0 Å². The van der Waals surface area contributed by atoms with Crippen molar-refractivity contribution in [3.05, 3.63) is 0 Å². The molecule has 2 fully saturated rings. The van der Waals surface area contributed by atoms with Crippen LogP contribution in [0.4, 0.5) is 0 Å². The van der Waals surface area contributed by atoms with Crippen LogP contribution in [0.25, 0.3) is 0 Å². The van der Waals surface area contributed by atoms with Gasteiger partial charge >= 0.3 is 0 Å². The van der Waals surface area contributed by atoms with Crippen molar-refractivity contribution in [1.82, 2.24) is 4.90 Å². The van der Waals surface area contributed by atoms with Crippen LogP contribution in [0, 0.1) is 17.8 Å². The van der Waals surface area contributed by atoms with E-state index in [1.165, 1.54) is 6.42 Å². The first kappa shape index (κ1) is 15.3. The Kier molecular flexibility index (Phi) is 4.91. The Labute approximate surface area is 118 Å². The van der Waals surface area contributed by atoms with E-state index in [9.17, 15) is 10.2 Å². The SMILES string of the molecule is CC1CC(C)C(CN2CCCC(C)(O)CC2)C(O)C1. The van der Waals surface area contributed by atoms with Crippen molar-refractivity contribution in [3.8, 4) is 0 Å². The van der Waals surface area contributed by atoms with Gasteiger partial charge in [-0.15, -0.1) is 0 Å². The van der Waals surface area contributed by atoms with E-state index in [4.69, 9.17) is 0 Å². The predicted molar refractivity (Wildman–Crippen MR) is 78.0 cm³/mol. The highest BCUT2D eigenvalue weighted by molar-refractivity contribution is 4.86. The topological polar surface area (TPSA) is 43.7 Å². The minimum atomic E-state index is -0.486. The lowest BCUT2D eigenvalue weighted by molar-refractivity contribution is -0.00348. The van der Waals surface area contributed by atoms with Crippen molar-refractivity contribution >= 4 is 0 Å². The van der Waals surface area contributed by atoms with Crippen molar-refractivity contribution in [1.29, 1.82) is 0 Å². The Morgan fingerprint density at radius 2 is 1.89 bits per heavy atom. The maximum absolute atomic E-state index is 10.3. The number of aliphatic hydroxyl groups is 2. The second-order valence-corrected chi connectivity index (χ2v) is 7.44. The second-order valence-electron chi connectivity index (χ2n) is 7.44. The van der Waals surface area contributed by atoms with Gasteiger partial charge in [0.1, 0.15) is 0 Å². The quantitative estimate of drug-likeness (QED) is 0.808. The van der Waals surface area contributed by atoms with Crippen molar-refractivity contribution < 1.29 is 10.2 Å². The molecule has 0 radical (unpaired) electrons. The molecule has 3 heteroatoms. The Morgan fingerprint density at radius 3 is 2.58 bits per heavy atom. The first-order chi connectivity index (χ1) is 8.87. The van der Waals surface area contributed by atoms with Gasteiger partial charge in [0.25, 0.3) is 0 Å². The molecule has 2 aliphatic rings. The van der Waals surface area contributed by atoms with Crippen molar-refractivity contribution in [2.24, 2.45) is 17.8 Å². The number of likely N-dealkylation sites (tertiary alicyclic amines) is 1. The maximum Gasteiger partial charge on any atom is 0.0632 e. The number of hydrogen-bond acceptors (Lipinski definition) is 3. The summed E-state index contributed by atoms with van der Waals surface area (Å²) in [6, 6.07) is 0. The third-order valence-electron chi connectivity index (χ3n) is 5.27. The van der Waals surface area contributed by atoms with Gasteiger partial charge in [-0.25, -0.2) is 0 Å². The van der Waals surface area contributed by atoms with E-state index in [0.29, 0.717) is 17.8 Å². The molecule has 0 aromatic heterocycles. The second kappa shape index (κ2) is 6.11. The van der Waals surface area contributed by atoms with Gasteiger partial charge in [0, 0.05) is 19.0 Å². The third-order valence-corrected chi connectivity index (χ3v) is 5.27. The van der Waals surface area contributed by atoms with Gasteiger partial charge in [0.2, 0.25) is 0 Å². The fourth-order valence-electron chi connectivity index (χ4n) is 3.97. The van der Waals surface area contributed by atoms with Crippen LogP contribution in [0.3, 0.4) is 0 Å². The number of rotatable bonds is 2. The minimum absolute atomic E-state index is 0.137. The summed E-state index contributed by atoms with van der Waals surface area (Å²) in [7, 11) is 0. The van der Waals surface area contributed by atoms with Gasteiger partial charge in [-0.3, -0.25) is 0 Å². The number of aliphatic hydroxyl groups excluding tert-OH is 1. The highest BCUT2D eigenvalue weighted by atomic mass is 16.3. The van der Waals surface area contributed by atoms with Crippen LogP contribution < -0.4 is 0 Å². The Hall–Kier alpha value is -0.120. The molecule has 0 aromatic rings. The molecule has 112 valence electrons. The van der Waals surface area contributed by atoms with Crippen LogP contribution in [0.1, 0.15) is 52.9 Å². The predicted octanol–water partition coefficient (Wildman–Crippen LogP) is 2.27. The molecule has 2 rings (SSSR count). The van der Waals surface area contributed by atoms with E-state index < -0.39 is 5.60 Å². The van der Waals surface area contributed by atoms with Gasteiger partial charge in [0.15, 0.2) is 0 Å². The Morgan fingerprint density at radius 1 is 1.16 bits per heavy atom. The third kappa shape index (κ3) is 4.17. The summed E-state index contributed by atoms with van der Waals surface area (Å²) in [6.07, 6.45) is 4.90. The van der Waals surface area contributed by atoms with Gasteiger partial charge < -0.3 is 15.1 Å². The van der Waals surface area contributed by atoms with Gasteiger partial charge in [-0.05, 0) is 57.4 Å². The van der Waals surface area contributed by atoms with Crippen LogP contribution in [-0.4, -0.2) is 46.5 Å². The van der Waals surface area contributed by atoms with Crippen LogP contribution in [0.15, 0.2) is 0 Å². The lowest BCUT2D eigenvalue weighted by Crippen LogP contribution is -2.43. The molecule has 5 atom stereocenters. The molecule has 0 spiro atoms. The summed E-state index contributed by atoms with van der Waals surface area (Å²) in [5.74, 6) is 1.69. The van der Waals surface area contributed by atoms with Gasteiger partial charge in [0.05, 0.1) is 11.7 Å². The highest BCUT2D eigenvalue weighted by Crippen LogP contribution is 2.34. The molecular weight excluding hydrogens is 238 g/mol. The fraction of sp³-hybridized carbons (Fsp3) is 1.00. The van der Waals surface area contributed by atoms with E-state index in [-0.39, 0.29) is 6.10 Å². The molecule has 1 heterocycles. The summed E-state index contributed by atoms with van der Waals surface area (Å²) in [5, 5.41) is 20.5. The molecule has 5 unspecified atom stereocenters. The monoisotopic (exact) mass is 269 g/mol. The molecule has 0 amide bonds. The lowest BCUT2D eigenvalue weighted by Gasteiger charge is -2.39. The van der Waals surface area contributed by atoms with Crippen molar-refractivity contribution in [2.45, 2.75) is 64.6 Å². The van der Waals surface area contributed by atoms with Crippen LogP contribution in [-0.2, 0) is 0 Å². The fourth-order valence-corrected chi connectivity index (χ4v) is 3.97. The largest absolute Gasteiger partial charge is 0.393 e. The van der Waals surface area contributed by atoms with Crippen molar-refractivity contribution in [2.75, 3.05) is 19.6 Å². The summed E-state index contributed by atoms with van der Waals surface area (Å²) in [6.45, 7) is 9.54. The van der Waals surface area contributed by atoms with E-state index in [1.807, 2.05) is 6.92 Å². The van der Waals surface area contributed by atoms with Crippen LogP contribution >= 0.6 is 0 Å². The summed E-state index contributed by atoms with van der Waals surface area (Å²) in [5.41, 5.74) is -0.486. The van der Waals surface area contributed by atoms with Crippen LogP contribution in [0.2, 0.25) is 0 Å². The standard InChI is InChI=1S/C16H31NO2/c1-12-9-13(2)14(15(18)10-12)11-17-7-4-5-16(3,19)6-8-17/h12-15,18-19H,4-11H2,1-3H3. The van der Waals surface area contributed by atoms with E-state index in [1.54, 1.807) is 0 Å². The lowest BCUT2D eigenvalue weighted by atomic mass is 9.73. The van der Waals surface area contributed by atoms with E-state index in [0.717, 1.165) is 45.3 Å². The normalized spacial score (nSPS) is 45.9. The molecule has 0 bridgehead atoms. The number of nitrogens with zero attached hydrogens (tertiary/aromatic N) is 1. The molecule has 1 saturated heterocycles. The molecular formula is C16H31NO2. The average molecular weight is 269 g/mol. The summed E-state index contributed by atoms with van der Waals surface area (Å²) >= 11 is 0. The Bertz CT molecular complexity index is 280. The van der Waals surface area contributed by atoms with E-state index in [2.05, 4.69) is 18.7 Å². The number of hydrogen-bond donors (Lipinski definition) is 2. The molecule has 19 heavy (non-hydrogen) atoms. The minimum Gasteiger partial charge on any atom is -0.393 e.